The Morgan fingerprint density at radius 2 is 2.20 bits per heavy atom. The van der Waals surface area contributed by atoms with Crippen LogP contribution in [0.4, 0.5) is 5.69 Å². The van der Waals surface area contributed by atoms with Gasteiger partial charge in [0.1, 0.15) is 0 Å². The first-order valence-corrected chi connectivity index (χ1v) is 8.16. The fourth-order valence-electron chi connectivity index (χ4n) is 1.38. The summed E-state index contributed by atoms with van der Waals surface area (Å²) >= 11 is 8.36. The Balaban J connectivity index is 1.80. The van der Waals surface area contributed by atoms with E-state index in [9.17, 15) is 4.79 Å². The summed E-state index contributed by atoms with van der Waals surface area (Å²) in [5.74, 6) is -0.201. The van der Waals surface area contributed by atoms with E-state index in [0.29, 0.717) is 0 Å². The van der Waals surface area contributed by atoms with Crippen LogP contribution in [0.3, 0.4) is 0 Å². The lowest BCUT2D eigenvalue weighted by atomic mass is 10.3. The highest BCUT2D eigenvalue weighted by Gasteiger charge is 2.03. The standard InChI is InChI=1S/C13H11Br2N3OS/c14-9-3-4-12(11(15)6-9)16-8-13(19)18-17-7-10-2-1-5-20-10/h1-7,16H,8H2,(H,18,19)/b17-7+. The summed E-state index contributed by atoms with van der Waals surface area (Å²) in [4.78, 5) is 12.6. The molecule has 0 aliphatic rings. The van der Waals surface area contributed by atoms with Crippen LogP contribution in [0.25, 0.3) is 0 Å². The second kappa shape index (κ2) is 7.56. The van der Waals surface area contributed by atoms with Crippen molar-refractivity contribution in [2.24, 2.45) is 5.10 Å². The molecule has 1 aromatic heterocycles. The third kappa shape index (κ3) is 4.73. The fourth-order valence-corrected chi connectivity index (χ4v) is 3.15. The smallest absolute Gasteiger partial charge is 0.259 e. The molecule has 0 aliphatic carbocycles. The van der Waals surface area contributed by atoms with Gasteiger partial charge < -0.3 is 5.32 Å². The van der Waals surface area contributed by atoms with Gasteiger partial charge in [-0.2, -0.15) is 5.10 Å². The van der Waals surface area contributed by atoms with E-state index in [4.69, 9.17) is 0 Å². The first kappa shape index (κ1) is 15.2. The van der Waals surface area contributed by atoms with Crippen molar-refractivity contribution >= 4 is 61.0 Å². The van der Waals surface area contributed by atoms with Gasteiger partial charge in [0, 0.05) is 19.5 Å². The van der Waals surface area contributed by atoms with Crippen LogP contribution < -0.4 is 10.7 Å². The van der Waals surface area contributed by atoms with Gasteiger partial charge in [0.15, 0.2) is 0 Å². The number of carbonyl (C=O) groups is 1. The Kier molecular flexibility index (Phi) is 5.75. The molecule has 0 radical (unpaired) electrons. The van der Waals surface area contributed by atoms with E-state index in [1.54, 1.807) is 17.6 Å². The molecule has 0 fully saturated rings. The molecule has 0 aliphatic heterocycles. The number of nitrogens with zero attached hydrogens (tertiary/aromatic N) is 1. The third-order valence-electron chi connectivity index (χ3n) is 2.29. The molecular weight excluding hydrogens is 406 g/mol. The van der Waals surface area contributed by atoms with Crippen LogP contribution >= 0.6 is 43.2 Å². The van der Waals surface area contributed by atoms with Gasteiger partial charge in [-0.25, -0.2) is 5.43 Å². The summed E-state index contributed by atoms with van der Waals surface area (Å²) < 4.78 is 1.86. The van der Waals surface area contributed by atoms with Gasteiger partial charge >= 0.3 is 0 Å². The molecule has 4 nitrogen and oxygen atoms in total. The molecule has 0 saturated carbocycles. The molecule has 2 rings (SSSR count). The minimum Gasteiger partial charge on any atom is -0.375 e. The van der Waals surface area contributed by atoms with Gasteiger partial charge in [-0.15, -0.1) is 11.3 Å². The number of hydrogen-bond acceptors (Lipinski definition) is 4. The predicted octanol–water partition coefficient (Wildman–Crippen LogP) is 3.84. The molecule has 0 spiro atoms. The molecule has 1 amide bonds. The monoisotopic (exact) mass is 415 g/mol. The number of anilines is 1. The largest absolute Gasteiger partial charge is 0.375 e. The Hall–Kier alpha value is -1.18. The Labute approximate surface area is 137 Å². The zero-order valence-corrected chi connectivity index (χ0v) is 14.3. The molecule has 0 bridgehead atoms. The number of halogens is 2. The lowest BCUT2D eigenvalue weighted by Crippen LogP contribution is -2.25. The Morgan fingerprint density at radius 3 is 2.90 bits per heavy atom. The summed E-state index contributed by atoms with van der Waals surface area (Å²) in [6.07, 6.45) is 1.62. The SMILES string of the molecule is O=C(CNc1ccc(Br)cc1Br)N/N=C/c1cccs1. The van der Waals surface area contributed by atoms with Crippen molar-refractivity contribution in [3.05, 3.63) is 49.5 Å². The zero-order valence-electron chi connectivity index (χ0n) is 10.3. The quantitative estimate of drug-likeness (QED) is 0.574. The average molecular weight is 417 g/mol. The van der Waals surface area contributed by atoms with Crippen LogP contribution in [0.2, 0.25) is 0 Å². The van der Waals surface area contributed by atoms with E-state index in [2.05, 4.69) is 47.7 Å². The highest BCUT2D eigenvalue weighted by molar-refractivity contribution is 9.11. The molecule has 0 atom stereocenters. The topological polar surface area (TPSA) is 53.5 Å². The zero-order chi connectivity index (χ0) is 14.4. The lowest BCUT2D eigenvalue weighted by molar-refractivity contribution is -0.119. The summed E-state index contributed by atoms with van der Waals surface area (Å²) in [5, 5.41) is 8.88. The van der Waals surface area contributed by atoms with Crippen molar-refractivity contribution in [1.29, 1.82) is 0 Å². The van der Waals surface area contributed by atoms with Crippen molar-refractivity contribution in [2.75, 3.05) is 11.9 Å². The molecule has 7 heteroatoms. The number of rotatable bonds is 5. The molecule has 0 saturated heterocycles. The Bertz CT molecular complexity index is 614. The number of thiophene rings is 1. The van der Waals surface area contributed by atoms with Gasteiger partial charge in [-0.3, -0.25) is 4.79 Å². The maximum Gasteiger partial charge on any atom is 0.259 e. The number of carbonyl (C=O) groups excluding carboxylic acids is 1. The normalized spacial score (nSPS) is 10.7. The van der Waals surface area contributed by atoms with E-state index in [0.717, 1.165) is 19.5 Å². The van der Waals surface area contributed by atoms with E-state index < -0.39 is 0 Å². The summed E-state index contributed by atoms with van der Waals surface area (Å²) in [5.41, 5.74) is 3.32. The van der Waals surface area contributed by atoms with Crippen LogP contribution in [0.15, 0.2) is 49.8 Å². The van der Waals surface area contributed by atoms with Crippen molar-refractivity contribution in [3.63, 3.8) is 0 Å². The van der Waals surface area contributed by atoms with Crippen molar-refractivity contribution in [2.45, 2.75) is 0 Å². The summed E-state index contributed by atoms with van der Waals surface area (Å²) in [6, 6.07) is 9.56. The average Bonchev–Trinajstić information content (AvgIpc) is 2.91. The summed E-state index contributed by atoms with van der Waals surface area (Å²) in [6.45, 7) is 0.155. The predicted molar refractivity (Wildman–Crippen MR) is 90.4 cm³/mol. The first-order chi connectivity index (χ1) is 9.65. The number of nitrogens with one attached hydrogen (secondary N) is 2. The van der Waals surface area contributed by atoms with Gasteiger partial charge in [0.25, 0.3) is 5.91 Å². The molecular formula is C13H11Br2N3OS. The Morgan fingerprint density at radius 1 is 1.35 bits per heavy atom. The highest BCUT2D eigenvalue weighted by Crippen LogP contribution is 2.25. The molecule has 2 aromatic rings. The molecule has 2 N–H and O–H groups in total. The molecule has 1 aromatic carbocycles. The minimum atomic E-state index is -0.201. The molecule has 104 valence electrons. The van der Waals surface area contributed by atoms with Crippen molar-refractivity contribution in [3.8, 4) is 0 Å². The molecule has 1 heterocycles. The second-order valence-corrected chi connectivity index (χ2v) is 6.54. The maximum atomic E-state index is 11.6. The van der Waals surface area contributed by atoms with Crippen molar-refractivity contribution in [1.82, 2.24) is 5.43 Å². The van der Waals surface area contributed by atoms with Gasteiger partial charge in [-0.1, -0.05) is 22.0 Å². The van der Waals surface area contributed by atoms with Crippen LogP contribution in [0, 0.1) is 0 Å². The number of hydrazone groups is 1. The van der Waals surface area contributed by atoms with Gasteiger partial charge in [-0.05, 0) is 45.6 Å². The van der Waals surface area contributed by atoms with Crippen LogP contribution in [0.1, 0.15) is 4.88 Å². The number of hydrogen-bond donors (Lipinski definition) is 2. The maximum absolute atomic E-state index is 11.6. The van der Waals surface area contributed by atoms with Crippen molar-refractivity contribution < 1.29 is 4.79 Å². The lowest BCUT2D eigenvalue weighted by Gasteiger charge is -2.07. The first-order valence-electron chi connectivity index (χ1n) is 5.69. The fraction of sp³-hybridized carbons (Fsp3) is 0.0769. The number of amides is 1. The minimum absolute atomic E-state index is 0.155. The van der Waals surface area contributed by atoms with E-state index in [1.165, 1.54) is 0 Å². The third-order valence-corrected chi connectivity index (χ3v) is 4.25. The molecule has 0 unspecified atom stereocenters. The van der Waals surface area contributed by atoms with Gasteiger partial charge in [0.05, 0.1) is 12.8 Å². The number of benzene rings is 1. The van der Waals surface area contributed by atoms with Crippen LogP contribution in [-0.2, 0) is 4.79 Å². The molecule has 20 heavy (non-hydrogen) atoms. The van der Waals surface area contributed by atoms with Crippen LogP contribution in [-0.4, -0.2) is 18.7 Å². The summed E-state index contributed by atoms with van der Waals surface area (Å²) in [7, 11) is 0. The van der Waals surface area contributed by atoms with E-state index in [-0.39, 0.29) is 12.5 Å². The van der Waals surface area contributed by atoms with Gasteiger partial charge in [0.2, 0.25) is 0 Å². The van der Waals surface area contributed by atoms with E-state index >= 15 is 0 Å². The second-order valence-electron chi connectivity index (χ2n) is 3.79. The highest BCUT2D eigenvalue weighted by atomic mass is 79.9. The van der Waals surface area contributed by atoms with Crippen LogP contribution in [0.5, 0.6) is 0 Å². The van der Waals surface area contributed by atoms with E-state index in [1.807, 2.05) is 35.7 Å².